The second-order valence-corrected chi connectivity index (χ2v) is 6.42. The molecule has 1 atom stereocenters. The number of aliphatic hydroxyl groups is 1. The Hall–Kier alpha value is -1.15. The maximum atomic E-state index is 12.1. The van der Waals surface area contributed by atoms with Crippen molar-refractivity contribution in [2.75, 3.05) is 26.9 Å². The lowest BCUT2D eigenvalue weighted by Gasteiger charge is -2.12. The molecule has 0 heterocycles. The van der Waals surface area contributed by atoms with E-state index in [1.54, 1.807) is 19.1 Å². The molecule has 7 heteroatoms. The Morgan fingerprint density at radius 2 is 2.10 bits per heavy atom. The van der Waals surface area contributed by atoms with Gasteiger partial charge in [0.05, 0.1) is 24.2 Å². The molecule has 0 aliphatic heterocycles. The van der Waals surface area contributed by atoms with Crippen LogP contribution in [0.3, 0.4) is 0 Å². The number of methoxy groups -OCH3 is 1. The third-order valence-electron chi connectivity index (χ3n) is 2.89. The van der Waals surface area contributed by atoms with Crippen LogP contribution in [0.1, 0.15) is 18.9 Å². The minimum atomic E-state index is -3.58. The van der Waals surface area contributed by atoms with Crippen molar-refractivity contribution in [3.05, 3.63) is 23.8 Å². The lowest BCUT2D eigenvalue weighted by atomic mass is 10.2. The molecule has 1 aromatic carbocycles. The molecular formula is C14H23NO5S. The highest BCUT2D eigenvalue weighted by atomic mass is 32.2. The van der Waals surface area contributed by atoms with Crippen molar-refractivity contribution in [1.29, 1.82) is 0 Å². The number of ether oxygens (including phenoxy) is 2. The fourth-order valence-corrected chi connectivity index (χ4v) is 2.96. The van der Waals surface area contributed by atoms with E-state index in [0.29, 0.717) is 18.8 Å². The molecule has 0 saturated heterocycles. The fraction of sp³-hybridized carbons (Fsp3) is 0.571. The van der Waals surface area contributed by atoms with Gasteiger partial charge in [0, 0.05) is 13.7 Å². The Balaban J connectivity index is 2.68. The minimum absolute atomic E-state index is 0.152. The molecule has 1 rings (SSSR count). The lowest BCUT2D eigenvalue weighted by Crippen LogP contribution is -2.28. The number of hydrogen-bond donors (Lipinski definition) is 2. The maximum absolute atomic E-state index is 12.1. The minimum Gasteiger partial charge on any atom is -0.494 e. The molecule has 1 aromatic rings. The van der Waals surface area contributed by atoms with E-state index in [1.165, 1.54) is 13.2 Å². The van der Waals surface area contributed by atoms with E-state index in [1.807, 2.05) is 6.92 Å². The molecule has 120 valence electrons. The molecule has 0 radical (unpaired) electrons. The van der Waals surface area contributed by atoms with Gasteiger partial charge in [0.2, 0.25) is 10.0 Å². The van der Waals surface area contributed by atoms with Crippen molar-refractivity contribution >= 4 is 10.0 Å². The summed E-state index contributed by atoms with van der Waals surface area (Å²) < 4.78 is 36.9. The van der Waals surface area contributed by atoms with Crippen LogP contribution in [-0.2, 0) is 14.8 Å². The molecule has 0 saturated carbocycles. The second-order valence-electron chi connectivity index (χ2n) is 4.66. The molecule has 0 fully saturated rings. The van der Waals surface area contributed by atoms with Crippen LogP contribution in [0.25, 0.3) is 0 Å². The van der Waals surface area contributed by atoms with E-state index in [9.17, 15) is 13.5 Å². The highest BCUT2D eigenvalue weighted by Gasteiger charge is 2.15. The first kappa shape index (κ1) is 17.9. The summed E-state index contributed by atoms with van der Waals surface area (Å²) in [5.41, 5.74) is 0.763. The summed E-state index contributed by atoms with van der Waals surface area (Å²) in [5, 5.41) is 9.48. The van der Waals surface area contributed by atoms with Crippen molar-refractivity contribution in [2.24, 2.45) is 0 Å². The van der Waals surface area contributed by atoms with Gasteiger partial charge in [-0.3, -0.25) is 0 Å². The molecule has 2 N–H and O–H groups in total. The van der Waals surface area contributed by atoms with Crippen molar-refractivity contribution in [1.82, 2.24) is 4.72 Å². The third kappa shape index (κ3) is 5.62. The quantitative estimate of drug-likeness (QED) is 0.711. The van der Waals surface area contributed by atoms with Gasteiger partial charge in [0.15, 0.2) is 0 Å². The van der Waals surface area contributed by atoms with Gasteiger partial charge in [-0.2, -0.15) is 0 Å². The fourth-order valence-electron chi connectivity index (χ4n) is 1.83. The summed E-state index contributed by atoms with van der Waals surface area (Å²) in [7, 11) is -2.10. The number of aryl methyl sites for hydroxylation is 1. The van der Waals surface area contributed by atoms with Crippen molar-refractivity contribution in [3.63, 3.8) is 0 Å². The average molecular weight is 317 g/mol. The number of sulfonamides is 1. The zero-order valence-corrected chi connectivity index (χ0v) is 13.4. The first-order chi connectivity index (χ1) is 9.90. The van der Waals surface area contributed by atoms with Gasteiger partial charge < -0.3 is 14.6 Å². The zero-order valence-electron chi connectivity index (χ0n) is 12.6. The summed E-state index contributed by atoms with van der Waals surface area (Å²) in [6.07, 6.45) is -0.386. The van der Waals surface area contributed by atoms with Crippen molar-refractivity contribution in [3.8, 4) is 5.75 Å². The monoisotopic (exact) mass is 317 g/mol. The summed E-state index contributed by atoms with van der Waals surface area (Å²) in [6.45, 7) is 4.54. The van der Waals surface area contributed by atoms with Gasteiger partial charge in [0.1, 0.15) is 5.75 Å². The Bertz CT molecular complexity index is 544. The zero-order chi connectivity index (χ0) is 15.9. The molecule has 0 amide bonds. The van der Waals surface area contributed by atoms with Crippen molar-refractivity contribution < 1.29 is 23.0 Å². The third-order valence-corrected chi connectivity index (χ3v) is 4.34. The highest BCUT2D eigenvalue weighted by Crippen LogP contribution is 2.21. The predicted octanol–water partition coefficient (Wildman–Crippen LogP) is 1.07. The Kier molecular flexibility index (Phi) is 7.10. The summed E-state index contributed by atoms with van der Waals surface area (Å²) in [6, 6.07) is 4.72. The van der Waals surface area contributed by atoms with E-state index in [4.69, 9.17) is 9.47 Å². The van der Waals surface area contributed by atoms with Crippen LogP contribution in [0.15, 0.2) is 23.1 Å². The molecule has 6 nitrogen and oxygen atoms in total. The predicted molar refractivity (Wildman–Crippen MR) is 80.0 cm³/mol. The van der Waals surface area contributed by atoms with Gasteiger partial charge in [-0.05, 0) is 44.0 Å². The number of hydrogen-bond acceptors (Lipinski definition) is 5. The smallest absolute Gasteiger partial charge is 0.240 e. The number of aliphatic hydroxyl groups excluding tert-OH is 1. The van der Waals surface area contributed by atoms with Crippen LogP contribution in [0, 0.1) is 6.92 Å². The molecular weight excluding hydrogens is 294 g/mol. The maximum Gasteiger partial charge on any atom is 0.240 e. The summed E-state index contributed by atoms with van der Waals surface area (Å²) in [4.78, 5) is 0.185. The van der Waals surface area contributed by atoms with E-state index >= 15 is 0 Å². The Morgan fingerprint density at radius 1 is 1.38 bits per heavy atom. The van der Waals surface area contributed by atoms with Crippen LogP contribution in [0.2, 0.25) is 0 Å². The molecule has 21 heavy (non-hydrogen) atoms. The van der Waals surface area contributed by atoms with Crippen LogP contribution in [-0.4, -0.2) is 46.5 Å². The molecule has 0 aromatic heterocycles. The normalized spacial score (nSPS) is 13.1. The van der Waals surface area contributed by atoms with Crippen molar-refractivity contribution in [2.45, 2.75) is 31.3 Å². The van der Waals surface area contributed by atoms with Gasteiger partial charge in [0.25, 0.3) is 0 Å². The van der Waals surface area contributed by atoms with E-state index in [0.717, 1.165) is 5.56 Å². The first-order valence-electron chi connectivity index (χ1n) is 6.80. The van der Waals surface area contributed by atoms with E-state index in [-0.39, 0.29) is 18.0 Å². The number of nitrogens with one attached hydrogen (secondary N) is 1. The van der Waals surface area contributed by atoms with Crippen LogP contribution >= 0.6 is 0 Å². The molecule has 0 aliphatic carbocycles. The SMILES string of the molecule is CCOc1ccc(S(=O)(=O)NCCC(O)COC)cc1C. The molecule has 1 unspecified atom stereocenters. The molecule has 0 aliphatic rings. The van der Waals surface area contributed by atoms with Gasteiger partial charge in [-0.1, -0.05) is 0 Å². The largest absolute Gasteiger partial charge is 0.494 e. The summed E-state index contributed by atoms with van der Waals surface area (Å²) in [5.74, 6) is 0.673. The van der Waals surface area contributed by atoms with Gasteiger partial charge in [-0.25, -0.2) is 13.1 Å². The Morgan fingerprint density at radius 3 is 2.67 bits per heavy atom. The summed E-state index contributed by atoms with van der Waals surface area (Å²) >= 11 is 0. The first-order valence-corrected chi connectivity index (χ1v) is 8.29. The standard InChI is InChI=1S/C14H23NO5S/c1-4-20-14-6-5-13(9-11(14)2)21(17,18)15-8-7-12(16)10-19-3/h5-6,9,12,15-16H,4,7-8,10H2,1-3H3. The van der Waals surface area contributed by atoms with Gasteiger partial charge in [-0.15, -0.1) is 0 Å². The number of benzene rings is 1. The topological polar surface area (TPSA) is 84.9 Å². The highest BCUT2D eigenvalue weighted by molar-refractivity contribution is 7.89. The average Bonchev–Trinajstić information content (AvgIpc) is 2.41. The molecule has 0 bridgehead atoms. The Labute approximate surface area is 126 Å². The van der Waals surface area contributed by atoms with Crippen LogP contribution in [0.5, 0.6) is 5.75 Å². The lowest BCUT2D eigenvalue weighted by molar-refractivity contribution is 0.0603. The van der Waals surface area contributed by atoms with Crippen LogP contribution in [0.4, 0.5) is 0 Å². The number of rotatable bonds is 9. The van der Waals surface area contributed by atoms with E-state index < -0.39 is 16.1 Å². The van der Waals surface area contributed by atoms with Crippen LogP contribution < -0.4 is 9.46 Å². The molecule has 0 spiro atoms. The van der Waals surface area contributed by atoms with Gasteiger partial charge >= 0.3 is 0 Å². The second kappa shape index (κ2) is 8.33. The van der Waals surface area contributed by atoms with E-state index in [2.05, 4.69) is 4.72 Å².